The summed E-state index contributed by atoms with van der Waals surface area (Å²) in [5, 5.41) is 8.14. The van der Waals surface area contributed by atoms with Crippen LogP contribution in [0.3, 0.4) is 0 Å². The monoisotopic (exact) mass is 505 g/mol. The minimum atomic E-state index is -2.43. The fourth-order valence-corrected chi connectivity index (χ4v) is 4.17. The van der Waals surface area contributed by atoms with Crippen LogP contribution in [0.4, 0.5) is 16.2 Å². The lowest BCUT2D eigenvalue weighted by Gasteiger charge is -2.35. The van der Waals surface area contributed by atoms with Gasteiger partial charge in [-0.2, -0.15) is 10.2 Å². The molecular formula is C26H27FN10. The summed E-state index contributed by atoms with van der Waals surface area (Å²) in [5.74, 6) is -0.276. The number of benzene rings is 1. The van der Waals surface area contributed by atoms with Crippen molar-refractivity contribution >= 4 is 17.3 Å². The van der Waals surface area contributed by atoms with E-state index in [1.165, 1.54) is 52.7 Å². The molecule has 2 N–H and O–H groups in total. The van der Waals surface area contributed by atoms with Crippen molar-refractivity contribution in [3.05, 3.63) is 84.6 Å². The van der Waals surface area contributed by atoms with Gasteiger partial charge >= 0.3 is 0 Å². The van der Waals surface area contributed by atoms with Crippen molar-refractivity contribution in [3.8, 4) is 11.1 Å². The van der Waals surface area contributed by atoms with Gasteiger partial charge in [0.1, 0.15) is 17.7 Å². The average molecular weight is 506 g/mol. The van der Waals surface area contributed by atoms with E-state index in [9.17, 15) is 4.39 Å². The molecule has 0 aliphatic carbocycles. The molecule has 1 aliphatic heterocycles. The number of nitrogens with zero attached hydrogens (tertiary/aromatic N) is 9. The molecule has 0 bridgehead atoms. The molecule has 4 aromatic heterocycles. The smallest absolute Gasteiger partial charge is 0.225 e. The Labute approximate surface area is 223 Å². The highest BCUT2D eigenvalue weighted by Gasteiger charge is 2.26. The van der Waals surface area contributed by atoms with E-state index in [0.29, 0.717) is 27.8 Å². The fraction of sp³-hybridized carbons (Fsp3) is 0.269. The molecule has 1 fully saturated rings. The molecule has 0 radical (unpaired) electrons. The standard InChI is InChI=1S/C26H27FN10/c1-26(28,20-3-5-22(27)6-4-20)21-13-29-25(30-14-21)36-9-7-35(8-10-36)24-23-11-18(16-37(23)33-17-31-24)19-12-32-34(2)15-19/h3-6,11-17H,7-10,28H2,1-2H3/t26-/m0/s1/i2D3,9D2,10D2. The Morgan fingerprint density at radius 1 is 0.946 bits per heavy atom. The third kappa shape index (κ3) is 4.27. The summed E-state index contributed by atoms with van der Waals surface area (Å²) in [6.45, 7) is -5.87. The van der Waals surface area contributed by atoms with Gasteiger partial charge in [-0.3, -0.25) is 4.68 Å². The van der Waals surface area contributed by atoms with Gasteiger partial charge in [-0.25, -0.2) is 23.9 Å². The summed E-state index contributed by atoms with van der Waals surface area (Å²) >= 11 is 0. The maximum absolute atomic E-state index is 13.4. The van der Waals surface area contributed by atoms with E-state index in [1.54, 1.807) is 31.3 Å². The molecule has 188 valence electrons. The van der Waals surface area contributed by atoms with Crippen LogP contribution < -0.4 is 15.5 Å². The van der Waals surface area contributed by atoms with Crippen molar-refractivity contribution in [2.45, 2.75) is 12.5 Å². The topological polar surface area (TPSA) is 106 Å². The molecule has 10 nitrogen and oxygen atoms in total. The number of anilines is 2. The number of piperazine rings is 1. The van der Waals surface area contributed by atoms with Gasteiger partial charge in [-0.05, 0) is 30.7 Å². The molecule has 0 spiro atoms. The van der Waals surface area contributed by atoms with Crippen molar-refractivity contribution in [1.29, 1.82) is 0 Å². The third-order valence-corrected chi connectivity index (χ3v) is 6.32. The van der Waals surface area contributed by atoms with E-state index in [0.717, 1.165) is 9.58 Å². The number of aryl methyl sites for hydroxylation is 1. The molecule has 5 aromatic rings. The van der Waals surface area contributed by atoms with Crippen LogP contribution in [0.2, 0.25) is 0 Å². The largest absolute Gasteiger partial charge is 0.351 e. The molecule has 5 heterocycles. The Bertz CT molecular complexity index is 1800. The predicted octanol–water partition coefficient (Wildman–Crippen LogP) is 2.61. The van der Waals surface area contributed by atoms with Crippen LogP contribution in [-0.2, 0) is 12.5 Å². The third-order valence-electron chi connectivity index (χ3n) is 6.32. The Balaban J connectivity index is 1.29. The molecule has 1 aliphatic rings. The lowest BCUT2D eigenvalue weighted by molar-refractivity contribution is 0.585. The lowest BCUT2D eigenvalue weighted by atomic mass is 9.87. The van der Waals surface area contributed by atoms with Crippen LogP contribution in [0.15, 0.2) is 67.6 Å². The normalized spacial score (nSPS) is 21.6. The Hall–Kier alpha value is -4.38. The van der Waals surface area contributed by atoms with Gasteiger partial charge in [0.2, 0.25) is 5.95 Å². The van der Waals surface area contributed by atoms with E-state index in [4.69, 9.17) is 15.3 Å². The second kappa shape index (κ2) is 8.93. The second-order valence-electron chi connectivity index (χ2n) is 8.80. The first-order valence-electron chi connectivity index (χ1n) is 14.9. The first-order chi connectivity index (χ1) is 20.6. The van der Waals surface area contributed by atoms with Gasteiger partial charge in [0.25, 0.3) is 0 Å². The van der Waals surface area contributed by atoms with E-state index in [1.807, 2.05) is 0 Å². The van der Waals surface area contributed by atoms with E-state index in [-0.39, 0.29) is 24.9 Å². The summed E-state index contributed by atoms with van der Waals surface area (Å²) in [6.07, 6.45) is 8.57. The van der Waals surface area contributed by atoms with Crippen LogP contribution in [0.25, 0.3) is 16.6 Å². The zero-order valence-corrected chi connectivity index (χ0v) is 19.7. The number of nitrogens with two attached hydrogens (primary N) is 1. The van der Waals surface area contributed by atoms with Gasteiger partial charge in [0.15, 0.2) is 5.82 Å². The molecule has 11 heteroatoms. The van der Waals surface area contributed by atoms with Crippen molar-refractivity contribution in [3.63, 3.8) is 0 Å². The number of halogens is 1. The first-order valence-corrected chi connectivity index (χ1v) is 11.4. The summed E-state index contributed by atoms with van der Waals surface area (Å²) in [7, 11) is 0. The number of fused-ring (bicyclic) bond motifs is 1. The molecule has 1 atom stereocenters. The van der Waals surface area contributed by atoms with Crippen molar-refractivity contribution in [1.82, 2.24) is 34.3 Å². The summed E-state index contributed by atoms with van der Waals surface area (Å²) in [6, 6.07) is 7.42. The highest BCUT2D eigenvalue weighted by atomic mass is 19.1. The van der Waals surface area contributed by atoms with E-state index in [2.05, 4.69) is 25.1 Å². The van der Waals surface area contributed by atoms with Gasteiger partial charge in [-0.1, -0.05) is 12.1 Å². The van der Waals surface area contributed by atoms with Crippen LogP contribution in [0, 0.1) is 5.82 Å². The number of aromatic nitrogens is 7. The molecule has 0 amide bonds. The molecule has 0 saturated carbocycles. The number of rotatable bonds is 5. The van der Waals surface area contributed by atoms with Crippen LogP contribution in [0.5, 0.6) is 0 Å². The maximum atomic E-state index is 13.4. The number of hydrogen-bond acceptors (Lipinski definition) is 8. The van der Waals surface area contributed by atoms with Crippen molar-refractivity contribution in [2.24, 2.45) is 12.7 Å². The predicted molar refractivity (Wildman–Crippen MR) is 139 cm³/mol. The molecular weight excluding hydrogens is 471 g/mol. The van der Waals surface area contributed by atoms with Crippen LogP contribution >= 0.6 is 0 Å². The van der Waals surface area contributed by atoms with Gasteiger partial charge < -0.3 is 15.5 Å². The van der Waals surface area contributed by atoms with Gasteiger partial charge in [-0.15, -0.1) is 0 Å². The molecule has 1 aromatic carbocycles. The zero-order valence-electron chi connectivity index (χ0n) is 26.7. The van der Waals surface area contributed by atoms with E-state index < -0.39 is 31.3 Å². The number of hydrogen-bond donors (Lipinski definition) is 1. The van der Waals surface area contributed by atoms with E-state index >= 15 is 0 Å². The Morgan fingerprint density at radius 3 is 2.41 bits per heavy atom. The minimum absolute atomic E-state index is 0.164. The minimum Gasteiger partial charge on any atom is -0.351 e. The van der Waals surface area contributed by atoms with Gasteiger partial charge in [0.05, 0.1) is 17.2 Å². The van der Waals surface area contributed by atoms with Gasteiger partial charge in [0, 0.05) is 78.6 Å². The summed E-state index contributed by atoms with van der Waals surface area (Å²) < 4.78 is 73.9. The molecule has 1 saturated heterocycles. The van der Waals surface area contributed by atoms with Crippen LogP contribution in [-0.4, -0.2) is 60.4 Å². The zero-order chi connectivity index (χ0) is 31.7. The Kier molecular flexibility index (Phi) is 3.95. The quantitative estimate of drug-likeness (QED) is 0.389. The SMILES string of the molecule is [2H]C1([2H])CN(c2ncnn3cc(-c4cnn(C([2H])([2H])[2H])c4)cc23)CC([2H])([2H])N1c1ncc([C@@](C)(N)c2ccc(F)cc2)cn1. The molecule has 37 heavy (non-hydrogen) atoms. The first kappa shape index (κ1) is 16.4. The highest BCUT2D eigenvalue weighted by molar-refractivity contribution is 5.77. The Morgan fingerprint density at radius 2 is 1.70 bits per heavy atom. The molecule has 6 rings (SSSR count). The maximum Gasteiger partial charge on any atom is 0.225 e. The van der Waals surface area contributed by atoms with Crippen molar-refractivity contribution < 1.29 is 14.0 Å². The molecule has 0 unspecified atom stereocenters. The lowest BCUT2D eigenvalue weighted by Crippen LogP contribution is -2.47. The second-order valence-corrected chi connectivity index (χ2v) is 8.80. The van der Waals surface area contributed by atoms with Crippen molar-refractivity contribution in [2.75, 3.05) is 35.9 Å². The van der Waals surface area contributed by atoms with Crippen LogP contribution in [0.1, 0.15) is 27.6 Å². The average Bonchev–Trinajstić information content (AvgIpc) is 3.60. The highest BCUT2D eigenvalue weighted by Crippen LogP contribution is 2.29. The summed E-state index contributed by atoms with van der Waals surface area (Å²) in [4.78, 5) is 15.3. The summed E-state index contributed by atoms with van der Waals surface area (Å²) in [5.41, 5.74) is 8.13. The fourth-order valence-electron chi connectivity index (χ4n) is 4.17.